The maximum absolute atomic E-state index is 12.5. The lowest BCUT2D eigenvalue weighted by atomic mass is 10.2. The van der Waals surface area contributed by atoms with Crippen LogP contribution < -0.4 is 11.2 Å². The van der Waals surface area contributed by atoms with Gasteiger partial charge in [-0.05, 0) is 32.9 Å². The Balaban J connectivity index is 2.65. The highest BCUT2D eigenvalue weighted by Crippen LogP contribution is 2.08. The van der Waals surface area contributed by atoms with E-state index in [0.717, 1.165) is 4.57 Å². The van der Waals surface area contributed by atoms with Crippen molar-refractivity contribution in [2.45, 2.75) is 33.9 Å². The summed E-state index contributed by atoms with van der Waals surface area (Å²) in [6, 6.07) is 6.90. The van der Waals surface area contributed by atoms with Gasteiger partial charge in [0.25, 0.3) is 5.56 Å². The van der Waals surface area contributed by atoms with Crippen LogP contribution in [0.1, 0.15) is 20.8 Å². The number of carbonyl (C=O) groups is 1. The predicted octanol–water partition coefficient (Wildman–Crippen LogP) is 1.05. The Bertz CT molecular complexity index is 800. The van der Waals surface area contributed by atoms with Gasteiger partial charge in [-0.3, -0.25) is 18.7 Å². The van der Waals surface area contributed by atoms with Crippen LogP contribution >= 0.6 is 0 Å². The van der Waals surface area contributed by atoms with E-state index in [-0.39, 0.29) is 24.6 Å². The fourth-order valence-electron chi connectivity index (χ4n) is 2.61. The minimum Gasteiger partial charge on any atom is -0.342 e. The summed E-state index contributed by atoms with van der Waals surface area (Å²) in [5.74, 6) is -0.126. The Morgan fingerprint density at radius 2 is 1.68 bits per heavy atom. The third-order valence-corrected chi connectivity index (χ3v) is 3.86. The van der Waals surface area contributed by atoms with Crippen LogP contribution in [0.5, 0.6) is 0 Å². The number of fused-ring (bicyclic) bond motifs is 1. The van der Waals surface area contributed by atoms with Gasteiger partial charge in [0.05, 0.1) is 10.9 Å². The predicted molar refractivity (Wildman–Crippen MR) is 86.1 cm³/mol. The highest BCUT2D eigenvalue weighted by molar-refractivity contribution is 5.81. The van der Waals surface area contributed by atoms with Crippen molar-refractivity contribution in [2.75, 3.05) is 13.1 Å². The van der Waals surface area contributed by atoms with Gasteiger partial charge in [0.2, 0.25) is 5.91 Å². The number of likely N-dealkylation sites (N-methyl/N-ethyl adjacent to an activating group) is 1. The number of nitrogens with zero attached hydrogens (tertiary/aromatic N) is 3. The fourth-order valence-corrected chi connectivity index (χ4v) is 2.61. The molecule has 22 heavy (non-hydrogen) atoms. The minimum atomic E-state index is -0.438. The summed E-state index contributed by atoms with van der Waals surface area (Å²) in [5.41, 5.74) is -0.246. The van der Waals surface area contributed by atoms with Crippen LogP contribution in [0.25, 0.3) is 10.9 Å². The first kappa shape index (κ1) is 16.0. The summed E-state index contributed by atoms with van der Waals surface area (Å²) < 4.78 is 2.55. The van der Waals surface area contributed by atoms with Gasteiger partial charge >= 0.3 is 5.69 Å². The van der Waals surface area contributed by atoms with E-state index < -0.39 is 5.69 Å². The first-order chi connectivity index (χ1) is 10.5. The molecule has 0 atom stereocenters. The third-order valence-electron chi connectivity index (χ3n) is 3.86. The second-order valence-corrected chi connectivity index (χ2v) is 5.00. The molecule has 1 aromatic heterocycles. The van der Waals surface area contributed by atoms with Crippen molar-refractivity contribution in [2.24, 2.45) is 0 Å². The number of hydrogen-bond acceptors (Lipinski definition) is 3. The molecule has 0 saturated heterocycles. The largest absolute Gasteiger partial charge is 0.342 e. The average molecular weight is 303 g/mol. The monoisotopic (exact) mass is 303 g/mol. The summed E-state index contributed by atoms with van der Waals surface area (Å²) in [4.78, 5) is 38.8. The Hall–Kier alpha value is -2.37. The molecule has 1 heterocycles. The van der Waals surface area contributed by atoms with E-state index in [1.165, 1.54) is 4.57 Å². The van der Waals surface area contributed by atoms with Gasteiger partial charge in [0.15, 0.2) is 0 Å². The van der Waals surface area contributed by atoms with Crippen LogP contribution in [-0.4, -0.2) is 33.0 Å². The Morgan fingerprint density at radius 1 is 1.05 bits per heavy atom. The zero-order valence-corrected chi connectivity index (χ0v) is 13.2. The van der Waals surface area contributed by atoms with Gasteiger partial charge < -0.3 is 4.90 Å². The van der Waals surface area contributed by atoms with Crippen LogP contribution in [0, 0.1) is 0 Å². The molecule has 6 nitrogen and oxygen atoms in total. The standard InChI is InChI=1S/C16H21N3O3/c1-4-17(5-2)14(20)11-19-13-10-8-7-9-12(13)15(21)18(6-3)16(19)22/h7-10H,4-6,11H2,1-3H3. The zero-order chi connectivity index (χ0) is 16.3. The molecule has 0 unspecified atom stereocenters. The maximum Gasteiger partial charge on any atom is 0.331 e. The molecule has 0 aliphatic carbocycles. The van der Waals surface area contributed by atoms with Crippen LogP contribution in [0.3, 0.4) is 0 Å². The lowest BCUT2D eigenvalue weighted by molar-refractivity contribution is -0.131. The van der Waals surface area contributed by atoms with Gasteiger partial charge in [-0.25, -0.2) is 4.79 Å². The van der Waals surface area contributed by atoms with E-state index in [0.29, 0.717) is 24.0 Å². The van der Waals surface area contributed by atoms with Crippen molar-refractivity contribution >= 4 is 16.8 Å². The van der Waals surface area contributed by atoms with Crippen molar-refractivity contribution in [3.8, 4) is 0 Å². The first-order valence-corrected chi connectivity index (χ1v) is 7.55. The molecule has 0 fully saturated rings. The molecule has 0 N–H and O–H groups in total. The van der Waals surface area contributed by atoms with Crippen LogP contribution in [0.2, 0.25) is 0 Å². The third kappa shape index (κ3) is 2.68. The summed E-state index contributed by atoms with van der Waals surface area (Å²) in [7, 11) is 0. The van der Waals surface area contributed by atoms with Gasteiger partial charge in [-0.15, -0.1) is 0 Å². The molecule has 0 spiro atoms. The smallest absolute Gasteiger partial charge is 0.331 e. The van der Waals surface area contributed by atoms with E-state index in [4.69, 9.17) is 0 Å². The number of carbonyl (C=O) groups excluding carboxylic acids is 1. The van der Waals surface area contributed by atoms with Gasteiger partial charge in [-0.2, -0.15) is 0 Å². The van der Waals surface area contributed by atoms with Crippen molar-refractivity contribution < 1.29 is 4.79 Å². The molecule has 0 aliphatic rings. The Morgan fingerprint density at radius 3 is 2.27 bits per heavy atom. The topological polar surface area (TPSA) is 64.3 Å². The highest BCUT2D eigenvalue weighted by atomic mass is 16.2. The van der Waals surface area contributed by atoms with E-state index in [1.807, 2.05) is 13.8 Å². The molecule has 6 heteroatoms. The normalized spacial score (nSPS) is 10.9. The molecule has 1 aromatic carbocycles. The van der Waals surface area contributed by atoms with E-state index in [2.05, 4.69) is 0 Å². The molecule has 1 amide bonds. The zero-order valence-electron chi connectivity index (χ0n) is 13.2. The van der Waals surface area contributed by atoms with Crippen molar-refractivity contribution in [1.82, 2.24) is 14.0 Å². The van der Waals surface area contributed by atoms with Crippen molar-refractivity contribution in [3.05, 3.63) is 45.1 Å². The van der Waals surface area contributed by atoms with E-state index in [9.17, 15) is 14.4 Å². The van der Waals surface area contributed by atoms with Crippen LogP contribution in [0.15, 0.2) is 33.9 Å². The lowest BCUT2D eigenvalue weighted by Gasteiger charge is -2.20. The number of para-hydroxylation sites is 1. The average Bonchev–Trinajstić information content (AvgIpc) is 2.53. The molecular weight excluding hydrogens is 282 g/mol. The molecule has 0 aliphatic heterocycles. The molecule has 0 saturated carbocycles. The Kier molecular flexibility index (Phi) is 4.80. The second-order valence-electron chi connectivity index (χ2n) is 5.00. The SMILES string of the molecule is CCN(CC)C(=O)Cn1c(=O)n(CC)c(=O)c2ccccc21. The van der Waals surface area contributed by atoms with Crippen LogP contribution in [0.4, 0.5) is 0 Å². The molecule has 0 radical (unpaired) electrons. The van der Waals surface area contributed by atoms with E-state index >= 15 is 0 Å². The molecule has 0 bridgehead atoms. The molecule has 118 valence electrons. The molecule has 2 rings (SSSR count). The summed E-state index contributed by atoms with van der Waals surface area (Å²) in [5, 5.41) is 0.455. The quantitative estimate of drug-likeness (QED) is 0.829. The molecular formula is C16H21N3O3. The highest BCUT2D eigenvalue weighted by Gasteiger charge is 2.16. The lowest BCUT2D eigenvalue weighted by Crippen LogP contribution is -2.43. The number of aromatic nitrogens is 2. The van der Waals surface area contributed by atoms with Gasteiger partial charge in [0.1, 0.15) is 6.54 Å². The maximum atomic E-state index is 12.5. The van der Waals surface area contributed by atoms with Gasteiger partial charge in [-0.1, -0.05) is 12.1 Å². The van der Waals surface area contributed by atoms with Crippen molar-refractivity contribution in [1.29, 1.82) is 0 Å². The first-order valence-electron chi connectivity index (χ1n) is 7.55. The number of amides is 1. The molecule has 2 aromatic rings. The number of rotatable bonds is 5. The van der Waals surface area contributed by atoms with E-state index in [1.54, 1.807) is 36.1 Å². The summed E-state index contributed by atoms with van der Waals surface area (Å²) in [6.07, 6.45) is 0. The second kappa shape index (κ2) is 6.60. The number of benzene rings is 1. The fraction of sp³-hybridized carbons (Fsp3) is 0.438. The summed E-state index contributed by atoms with van der Waals surface area (Å²) >= 11 is 0. The van der Waals surface area contributed by atoms with Gasteiger partial charge in [0, 0.05) is 19.6 Å². The Labute approximate surface area is 128 Å². The minimum absolute atomic E-state index is 0.0543. The number of hydrogen-bond donors (Lipinski definition) is 0. The van der Waals surface area contributed by atoms with Crippen molar-refractivity contribution in [3.63, 3.8) is 0 Å². The summed E-state index contributed by atoms with van der Waals surface area (Å²) in [6.45, 7) is 6.95. The van der Waals surface area contributed by atoms with Crippen LogP contribution in [-0.2, 0) is 17.9 Å².